The highest BCUT2D eigenvalue weighted by atomic mass is 16.2. The van der Waals surface area contributed by atoms with Crippen molar-refractivity contribution in [1.82, 2.24) is 15.1 Å². The van der Waals surface area contributed by atoms with Crippen LogP contribution in [0.15, 0.2) is 0 Å². The molecular weight excluding hydrogens is 202 g/mol. The highest BCUT2D eigenvalue weighted by Gasteiger charge is 2.29. The number of rotatable bonds is 4. The van der Waals surface area contributed by atoms with E-state index in [0.29, 0.717) is 6.04 Å². The van der Waals surface area contributed by atoms with Gasteiger partial charge in [0.15, 0.2) is 0 Å². The first-order valence-corrected chi connectivity index (χ1v) is 6.48. The van der Waals surface area contributed by atoms with Crippen molar-refractivity contribution in [3.8, 4) is 0 Å². The molecule has 1 N–H and O–H groups in total. The molecule has 2 fully saturated rings. The molecule has 1 aliphatic heterocycles. The first-order chi connectivity index (χ1) is 7.70. The second-order valence-electron chi connectivity index (χ2n) is 4.92. The lowest BCUT2D eigenvalue weighted by Crippen LogP contribution is -2.53. The van der Waals surface area contributed by atoms with Gasteiger partial charge in [0.1, 0.15) is 0 Å². The first kappa shape index (κ1) is 11.9. The van der Waals surface area contributed by atoms with E-state index in [1.165, 1.54) is 12.8 Å². The van der Waals surface area contributed by atoms with Gasteiger partial charge in [-0.15, -0.1) is 0 Å². The number of carbonyl (C=O) groups is 1. The number of amides is 1. The van der Waals surface area contributed by atoms with E-state index in [2.05, 4.69) is 17.1 Å². The van der Waals surface area contributed by atoms with Crippen LogP contribution in [0.2, 0.25) is 0 Å². The lowest BCUT2D eigenvalue weighted by atomic mass is 10.2. The maximum Gasteiger partial charge on any atom is 0.239 e. The summed E-state index contributed by atoms with van der Waals surface area (Å²) in [5.74, 6) is 0.280. The van der Waals surface area contributed by atoms with Crippen molar-refractivity contribution in [2.24, 2.45) is 0 Å². The highest BCUT2D eigenvalue weighted by Crippen LogP contribution is 2.19. The van der Waals surface area contributed by atoms with Crippen molar-refractivity contribution in [3.63, 3.8) is 0 Å². The normalized spacial score (nSPS) is 24.5. The van der Waals surface area contributed by atoms with Gasteiger partial charge in [0.25, 0.3) is 0 Å². The second kappa shape index (κ2) is 5.15. The van der Waals surface area contributed by atoms with Crippen molar-refractivity contribution in [1.29, 1.82) is 0 Å². The van der Waals surface area contributed by atoms with E-state index in [1.54, 1.807) is 0 Å². The number of nitrogens with zero attached hydrogens (tertiary/aromatic N) is 2. The molecule has 92 valence electrons. The number of hydrogen-bond donors (Lipinski definition) is 1. The van der Waals surface area contributed by atoms with Gasteiger partial charge in [-0.05, 0) is 26.3 Å². The van der Waals surface area contributed by atoms with E-state index < -0.39 is 0 Å². The number of carbonyl (C=O) groups excluding carboxylic acids is 1. The Morgan fingerprint density at radius 3 is 2.44 bits per heavy atom. The maximum absolute atomic E-state index is 12.1. The van der Waals surface area contributed by atoms with Gasteiger partial charge in [-0.25, -0.2) is 0 Å². The summed E-state index contributed by atoms with van der Waals surface area (Å²) in [4.78, 5) is 16.5. The first-order valence-electron chi connectivity index (χ1n) is 6.48. The molecule has 4 nitrogen and oxygen atoms in total. The van der Waals surface area contributed by atoms with Crippen molar-refractivity contribution < 1.29 is 4.79 Å². The predicted molar refractivity (Wildman–Crippen MR) is 64.3 cm³/mol. The Morgan fingerprint density at radius 2 is 1.94 bits per heavy atom. The zero-order valence-corrected chi connectivity index (χ0v) is 10.4. The van der Waals surface area contributed by atoms with Gasteiger partial charge in [0, 0.05) is 32.2 Å². The van der Waals surface area contributed by atoms with E-state index >= 15 is 0 Å². The Kier molecular flexibility index (Phi) is 3.82. The van der Waals surface area contributed by atoms with Crippen LogP contribution in [0, 0.1) is 0 Å². The van der Waals surface area contributed by atoms with E-state index in [9.17, 15) is 4.79 Å². The molecule has 0 spiro atoms. The largest absolute Gasteiger partial charge is 0.339 e. The van der Waals surface area contributed by atoms with Crippen LogP contribution in [0.5, 0.6) is 0 Å². The van der Waals surface area contributed by atoms with Gasteiger partial charge < -0.3 is 15.1 Å². The topological polar surface area (TPSA) is 35.6 Å². The molecule has 0 aromatic heterocycles. The molecule has 1 amide bonds. The Bertz CT molecular complexity index is 245. The fraction of sp³-hybridized carbons (Fsp3) is 0.917. The van der Waals surface area contributed by atoms with Crippen LogP contribution in [0.1, 0.15) is 26.7 Å². The molecule has 16 heavy (non-hydrogen) atoms. The zero-order valence-electron chi connectivity index (χ0n) is 10.4. The third-order valence-electron chi connectivity index (χ3n) is 3.56. The van der Waals surface area contributed by atoms with Crippen LogP contribution in [0.3, 0.4) is 0 Å². The van der Waals surface area contributed by atoms with E-state index in [-0.39, 0.29) is 11.9 Å². The Labute approximate surface area is 98.0 Å². The van der Waals surface area contributed by atoms with Crippen LogP contribution in [0.25, 0.3) is 0 Å². The summed E-state index contributed by atoms with van der Waals surface area (Å²) in [5, 5.41) is 3.37. The van der Waals surface area contributed by atoms with Gasteiger partial charge in [-0.3, -0.25) is 4.79 Å². The molecule has 4 heteroatoms. The minimum Gasteiger partial charge on any atom is -0.339 e. The summed E-state index contributed by atoms with van der Waals surface area (Å²) in [7, 11) is 0. The predicted octanol–water partition coefficient (Wildman–Crippen LogP) is 0.291. The van der Waals surface area contributed by atoms with Crippen molar-refractivity contribution in [3.05, 3.63) is 0 Å². The molecule has 1 saturated carbocycles. The quantitative estimate of drug-likeness (QED) is 0.747. The smallest absolute Gasteiger partial charge is 0.239 e. The van der Waals surface area contributed by atoms with Crippen LogP contribution in [-0.4, -0.2) is 60.5 Å². The third-order valence-corrected chi connectivity index (χ3v) is 3.56. The molecule has 2 aliphatic rings. The Morgan fingerprint density at radius 1 is 1.31 bits per heavy atom. The minimum atomic E-state index is 0.000626. The fourth-order valence-corrected chi connectivity index (χ4v) is 2.23. The molecule has 1 aliphatic carbocycles. The molecule has 1 unspecified atom stereocenters. The van der Waals surface area contributed by atoms with Gasteiger partial charge in [0.05, 0.1) is 6.04 Å². The third kappa shape index (κ3) is 2.95. The monoisotopic (exact) mass is 225 g/mol. The van der Waals surface area contributed by atoms with Gasteiger partial charge in [0.2, 0.25) is 5.91 Å². The van der Waals surface area contributed by atoms with Crippen LogP contribution >= 0.6 is 0 Å². The molecular formula is C12H23N3O. The van der Waals surface area contributed by atoms with Crippen LogP contribution in [-0.2, 0) is 4.79 Å². The average Bonchev–Trinajstić information content (AvgIpc) is 3.12. The SMILES string of the molecule is CCN1CCN(C(=O)C(C)NC2CC2)CC1. The molecule has 1 heterocycles. The van der Waals surface area contributed by atoms with Crippen molar-refractivity contribution >= 4 is 5.91 Å². The fourth-order valence-electron chi connectivity index (χ4n) is 2.23. The van der Waals surface area contributed by atoms with Gasteiger partial charge in [-0.2, -0.15) is 0 Å². The average molecular weight is 225 g/mol. The number of hydrogen-bond acceptors (Lipinski definition) is 3. The lowest BCUT2D eigenvalue weighted by Gasteiger charge is -2.35. The Hall–Kier alpha value is -0.610. The van der Waals surface area contributed by atoms with Crippen LogP contribution in [0.4, 0.5) is 0 Å². The second-order valence-corrected chi connectivity index (χ2v) is 4.92. The number of piperazine rings is 1. The Balaban J connectivity index is 1.76. The van der Waals surface area contributed by atoms with E-state index in [4.69, 9.17) is 0 Å². The summed E-state index contributed by atoms with van der Waals surface area (Å²) in [6.07, 6.45) is 2.47. The molecule has 0 bridgehead atoms. The zero-order chi connectivity index (χ0) is 11.5. The minimum absolute atomic E-state index is 0.000626. The lowest BCUT2D eigenvalue weighted by molar-refractivity contribution is -0.134. The maximum atomic E-state index is 12.1. The standard InChI is InChI=1S/C12H23N3O/c1-3-14-6-8-15(9-7-14)12(16)10(2)13-11-4-5-11/h10-11,13H,3-9H2,1-2H3. The summed E-state index contributed by atoms with van der Waals surface area (Å²) in [6, 6.07) is 0.608. The molecule has 1 saturated heterocycles. The molecule has 2 rings (SSSR count). The van der Waals surface area contributed by atoms with E-state index in [1.807, 2.05) is 11.8 Å². The van der Waals surface area contributed by atoms with Gasteiger partial charge >= 0.3 is 0 Å². The molecule has 1 atom stereocenters. The van der Waals surface area contributed by atoms with Crippen molar-refractivity contribution in [2.45, 2.75) is 38.8 Å². The van der Waals surface area contributed by atoms with E-state index in [0.717, 1.165) is 32.7 Å². The van der Waals surface area contributed by atoms with Crippen LogP contribution < -0.4 is 5.32 Å². The molecule has 0 aromatic rings. The number of likely N-dealkylation sites (N-methyl/N-ethyl adjacent to an activating group) is 1. The van der Waals surface area contributed by atoms with Crippen molar-refractivity contribution in [2.75, 3.05) is 32.7 Å². The summed E-state index contributed by atoms with van der Waals surface area (Å²) >= 11 is 0. The highest BCUT2D eigenvalue weighted by molar-refractivity contribution is 5.81. The summed E-state index contributed by atoms with van der Waals surface area (Å²) < 4.78 is 0. The summed E-state index contributed by atoms with van der Waals surface area (Å²) in [5.41, 5.74) is 0. The molecule has 0 radical (unpaired) electrons. The number of nitrogens with one attached hydrogen (secondary N) is 1. The van der Waals surface area contributed by atoms with Gasteiger partial charge in [-0.1, -0.05) is 6.92 Å². The molecule has 0 aromatic carbocycles. The summed E-state index contributed by atoms with van der Waals surface area (Å²) in [6.45, 7) is 9.10.